The molecule has 2 aromatic rings. The van der Waals surface area contributed by atoms with Crippen molar-refractivity contribution in [3.05, 3.63) is 41.2 Å². The van der Waals surface area contributed by atoms with Crippen LogP contribution >= 0.6 is 0 Å². The van der Waals surface area contributed by atoms with Crippen molar-refractivity contribution < 1.29 is 9.47 Å². The fraction of sp³-hybridized carbons (Fsp3) is 0.357. The first-order chi connectivity index (χ1) is 9.13. The highest BCUT2D eigenvalue weighted by atomic mass is 16.5. The maximum Gasteiger partial charge on any atom is 0.162 e. The Morgan fingerprint density at radius 2 is 2.05 bits per heavy atom. The van der Waals surface area contributed by atoms with Crippen LogP contribution in [0, 0.1) is 6.92 Å². The van der Waals surface area contributed by atoms with Crippen LogP contribution in [0.25, 0.3) is 0 Å². The van der Waals surface area contributed by atoms with Gasteiger partial charge in [0.2, 0.25) is 0 Å². The third-order valence-electron chi connectivity index (χ3n) is 2.94. The largest absolute Gasteiger partial charge is 0.493 e. The number of methoxy groups -OCH3 is 1. The Kier molecular flexibility index (Phi) is 4.06. The minimum Gasteiger partial charge on any atom is -0.493 e. The van der Waals surface area contributed by atoms with Gasteiger partial charge in [-0.1, -0.05) is 6.07 Å². The smallest absolute Gasteiger partial charge is 0.162 e. The number of aryl methyl sites for hydroxylation is 2. The van der Waals surface area contributed by atoms with Gasteiger partial charge in [-0.2, -0.15) is 5.10 Å². The lowest BCUT2D eigenvalue weighted by atomic mass is 10.2. The van der Waals surface area contributed by atoms with Crippen molar-refractivity contribution in [2.24, 2.45) is 12.8 Å². The number of hydrogen-bond donors (Lipinski definition) is 1. The van der Waals surface area contributed by atoms with Crippen LogP contribution in [0.5, 0.6) is 11.5 Å². The van der Waals surface area contributed by atoms with Crippen LogP contribution in [-0.4, -0.2) is 16.9 Å². The van der Waals surface area contributed by atoms with Crippen LogP contribution < -0.4 is 15.2 Å². The van der Waals surface area contributed by atoms with E-state index in [1.54, 1.807) is 7.11 Å². The lowest BCUT2D eigenvalue weighted by Gasteiger charge is -2.12. The molecule has 2 N–H and O–H groups in total. The summed E-state index contributed by atoms with van der Waals surface area (Å²) >= 11 is 0. The fourth-order valence-corrected chi connectivity index (χ4v) is 1.91. The molecular formula is C14H19N3O2. The maximum atomic E-state index is 5.81. The Balaban J connectivity index is 2.16. The summed E-state index contributed by atoms with van der Waals surface area (Å²) in [6.45, 7) is 2.88. The third kappa shape index (κ3) is 3.06. The van der Waals surface area contributed by atoms with Gasteiger partial charge in [0, 0.05) is 13.6 Å². The Hall–Kier alpha value is -2.01. The van der Waals surface area contributed by atoms with Gasteiger partial charge in [0.25, 0.3) is 0 Å². The van der Waals surface area contributed by atoms with Gasteiger partial charge in [-0.25, -0.2) is 0 Å². The van der Waals surface area contributed by atoms with Crippen molar-refractivity contribution in [1.29, 1.82) is 0 Å². The molecule has 2 rings (SSSR count). The van der Waals surface area contributed by atoms with E-state index < -0.39 is 0 Å². The van der Waals surface area contributed by atoms with Crippen LogP contribution in [0.1, 0.15) is 17.0 Å². The second-order valence-corrected chi connectivity index (χ2v) is 4.38. The van der Waals surface area contributed by atoms with Crippen molar-refractivity contribution in [2.75, 3.05) is 7.11 Å². The quantitative estimate of drug-likeness (QED) is 0.891. The van der Waals surface area contributed by atoms with Gasteiger partial charge in [0.1, 0.15) is 6.61 Å². The van der Waals surface area contributed by atoms with E-state index in [9.17, 15) is 0 Å². The minimum absolute atomic E-state index is 0.446. The topological polar surface area (TPSA) is 62.3 Å². The highest BCUT2D eigenvalue weighted by Gasteiger charge is 2.08. The molecule has 0 spiro atoms. The summed E-state index contributed by atoms with van der Waals surface area (Å²) in [6.07, 6.45) is 0. The monoisotopic (exact) mass is 261 g/mol. The molecule has 1 aromatic heterocycles. The molecule has 1 aromatic carbocycles. The number of ether oxygens (including phenoxy) is 2. The first kappa shape index (κ1) is 13.4. The van der Waals surface area contributed by atoms with Gasteiger partial charge in [0.05, 0.1) is 18.5 Å². The van der Waals surface area contributed by atoms with E-state index in [1.165, 1.54) is 0 Å². The number of aromatic nitrogens is 2. The Morgan fingerprint density at radius 3 is 2.63 bits per heavy atom. The van der Waals surface area contributed by atoms with Crippen LogP contribution in [0.4, 0.5) is 0 Å². The molecule has 0 amide bonds. The zero-order chi connectivity index (χ0) is 13.8. The zero-order valence-corrected chi connectivity index (χ0v) is 11.5. The van der Waals surface area contributed by atoms with Gasteiger partial charge in [-0.05, 0) is 30.7 Å². The lowest BCUT2D eigenvalue weighted by Crippen LogP contribution is -2.04. The summed E-state index contributed by atoms with van der Waals surface area (Å²) in [6, 6.07) is 7.70. The molecule has 0 aliphatic rings. The molecule has 5 heteroatoms. The highest BCUT2D eigenvalue weighted by Crippen LogP contribution is 2.28. The molecule has 0 fully saturated rings. The first-order valence-electron chi connectivity index (χ1n) is 6.13. The second kappa shape index (κ2) is 5.75. The van der Waals surface area contributed by atoms with E-state index in [-0.39, 0.29) is 0 Å². The summed E-state index contributed by atoms with van der Waals surface area (Å²) in [4.78, 5) is 0. The zero-order valence-electron chi connectivity index (χ0n) is 11.5. The predicted molar refractivity (Wildman–Crippen MR) is 73.2 cm³/mol. The first-order valence-corrected chi connectivity index (χ1v) is 6.13. The molecule has 102 valence electrons. The van der Waals surface area contributed by atoms with E-state index in [4.69, 9.17) is 15.2 Å². The third-order valence-corrected chi connectivity index (χ3v) is 2.94. The number of nitrogens with zero attached hydrogens (tertiary/aromatic N) is 2. The maximum absolute atomic E-state index is 5.81. The number of rotatable bonds is 5. The summed E-state index contributed by atoms with van der Waals surface area (Å²) in [5.41, 5.74) is 8.63. The SMILES string of the molecule is COc1ccc(CN)cc1OCc1cc(C)nn1C. The van der Waals surface area contributed by atoms with Crippen LogP contribution in [0.3, 0.4) is 0 Å². The van der Waals surface area contributed by atoms with Crippen molar-refractivity contribution >= 4 is 0 Å². The normalized spacial score (nSPS) is 10.5. The van der Waals surface area contributed by atoms with Crippen LogP contribution in [0.2, 0.25) is 0 Å². The van der Waals surface area contributed by atoms with Gasteiger partial charge < -0.3 is 15.2 Å². The highest BCUT2D eigenvalue weighted by molar-refractivity contribution is 5.43. The molecule has 19 heavy (non-hydrogen) atoms. The van der Waals surface area contributed by atoms with Gasteiger partial charge >= 0.3 is 0 Å². The Bertz CT molecular complexity index is 564. The molecule has 0 radical (unpaired) electrons. The summed E-state index contributed by atoms with van der Waals surface area (Å²) in [7, 11) is 3.53. The lowest BCUT2D eigenvalue weighted by molar-refractivity contribution is 0.275. The van der Waals surface area contributed by atoms with Gasteiger partial charge in [-0.3, -0.25) is 4.68 Å². The van der Waals surface area contributed by atoms with Gasteiger partial charge in [-0.15, -0.1) is 0 Å². The molecule has 0 unspecified atom stereocenters. The molecule has 0 aliphatic carbocycles. The summed E-state index contributed by atoms with van der Waals surface area (Å²) in [5, 5.41) is 4.29. The number of nitrogens with two attached hydrogens (primary N) is 1. The number of benzene rings is 1. The molecule has 0 aliphatic heterocycles. The molecular weight excluding hydrogens is 242 g/mol. The van der Waals surface area contributed by atoms with E-state index in [2.05, 4.69) is 5.10 Å². The van der Waals surface area contributed by atoms with Crippen molar-refractivity contribution in [2.45, 2.75) is 20.1 Å². The predicted octanol–water partition coefficient (Wildman–Crippen LogP) is 1.77. The van der Waals surface area contributed by atoms with Gasteiger partial charge in [0.15, 0.2) is 11.5 Å². The van der Waals surface area contributed by atoms with E-state index in [0.29, 0.717) is 24.7 Å². The van der Waals surface area contributed by atoms with E-state index >= 15 is 0 Å². The van der Waals surface area contributed by atoms with Crippen molar-refractivity contribution in [1.82, 2.24) is 9.78 Å². The molecule has 0 atom stereocenters. The summed E-state index contributed by atoms with van der Waals surface area (Å²) < 4.78 is 12.9. The Morgan fingerprint density at radius 1 is 1.26 bits per heavy atom. The molecule has 5 nitrogen and oxygen atoms in total. The van der Waals surface area contributed by atoms with Crippen molar-refractivity contribution in [3.8, 4) is 11.5 Å². The second-order valence-electron chi connectivity index (χ2n) is 4.38. The van der Waals surface area contributed by atoms with Crippen LogP contribution in [-0.2, 0) is 20.2 Å². The van der Waals surface area contributed by atoms with E-state index in [1.807, 2.05) is 42.9 Å². The number of hydrogen-bond acceptors (Lipinski definition) is 4. The molecule has 0 bridgehead atoms. The summed E-state index contributed by atoms with van der Waals surface area (Å²) in [5.74, 6) is 1.40. The fourth-order valence-electron chi connectivity index (χ4n) is 1.91. The average molecular weight is 261 g/mol. The van der Waals surface area contributed by atoms with Crippen LogP contribution in [0.15, 0.2) is 24.3 Å². The molecule has 0 saturated carbocycles. The standard InChI is InChI=1S/C14H19N3O2/c1-10-6-12(17(2)16-10)9-19-14-7-11(8-15)4-5-13(14)18-3/h4-7H,8-9,15H2,1-3H3. The van der Waals surface area contributed by atoms with E-state index in [0.717, 1.165) is 17.0 Å². The molecule has 0 saturated heterocycles. The van der Waals surface area contributed by atoms with Crippen molar-refractivity contribution in [3.63, 3.8) is 0 Å². The Labute approximate surface area is 112 Å². The molecule has 1 heterocycles. The minimum atomic E-state index is 0.446. The average Bonchev–Trinajstić information content (AvgIpc) is 2.74.